The number of benzene rings is 1. The molecule has 23 heavy (non-hydrogen) atoms. The zero-order chi connectivity index (χ0) is 16.7. The fraction of sp³-hybridized carbons (Fsp3) is 0.235. The molecule has 6 nitrogen and oxygen atoms in total. The molecule has 1 aromatic carbocycles. The van der Waals surface area contributed by atoms with Gasteiger partial charge in [-0.2, -0.15) is 0 Å². The number of carbonyl (C=O) groups is 2. The fourth-order valence-corrected chi connectivity index (χ4v) is 2.04. The number of amides is 1. The molecule has 0 saturated carbocycles. The lowest BCUT2D eigenvalue weighted by atomic mass is 10.1. The highest BCUT2D eigenvalue weighted by Crippen LogP contribution is 2.18. The number of nitrogens with zero attached hydrogens (tertiary/aromatic N) is 1. The molecule has 1 unspecified atom stereocenters. The van der Waals surface area contributed by atoms with Crippen molar-refractivity contribution in [3.63, 3.8) is 0 Å². The predicted octanol–water partition coefficient (Wildman–Crippen LogP) is 3.06. The van der Waals surface area contributed by atoms with Crippen LogP contribution in [-0.2, 0) is 9.59 Å². The molecule has 0 bridgehead atoms. The van der Waals surface area contributed by atoms with E-state index in [2.05, 4.69) is 15.6 Å². The van der Waals surface area contributed by atoms with Crippen LogP contribution in [0, 0.1) is 0 Å². The molecule has 2 rings (SSSR count). The first-order chi connectivity index (χ1) is 11.0. The van der Waals surface area contributed by atoms with E-state index < -0.39 is 5.97 Å². The van der Waals surface area contributed by atoms with Gasteiger partial charge in [-0.05, 0) is 24.6 Å². The maximum absolute atomic E-state index is 11.5. The molecular weight excluding hydrogens is 294 g/mol. The van der Waals surface area contributed by atoms with Crippen molar-refractivity contribution in [1.82, 2.24) is 4.98 Å². The summed E-state index contributed by atoms with van der Waals surface area (Å²) in [7, 11) is 0. The van der Waals surface area contributed by atoms with E-state index in [0.29, 0.717) is 11.5 Å². The molecule has 0 fully saturated rings. The molecule has 1 amide bonds. The van der Waals surface area contributed by atoms with E-state index in [1.54, 1.807) is 18.3 Å². The zero-order valence-electron chi connectivity index (χ0n) is 12.8. The molecule has 3 N–H and O–H groups in total. The molecule has 0 saturated heterocycles. The Hall–Kier alpha value is -2.89. The van der Waals surface area contributed by atoms with Crippen LogP contribution in [0.5, 0.6) is 0 Å². The highest BCUT2D eigenvalue weighted by molar-refractivity contribution is 5.92. The third-order valence-corrected chi connectivity index (χ3v) is 3.28. The van der Waals surface area contributed by atoms with E-state index in [4.69, 9.17) is 5.11 Å². The molecular formula is C17H19N3O3. The van der Waals surface area contributed by atoms with Gasteiger partial charge in [0.1, 0.15) is 5.82 Å². The van der Waals surface area contributed by atoms with Crippen LogP contribution in [-0.4, -0.2) is 22.0 Å². The summed E-state index contributed by atoms with van der Waals surface area (Å²) in [5, 5.41) is 14.4. The minimum atomic E-state index is -0.993. The van der Waals surface area contributed by atoms with Crippen LogP contribution in [0.1, 0.15) is 31.4 Å². The first-order valence-corrected chi connectivity index (χ1v) is 7.34. The molecule has 120 valence electrons. The summed E-state index contributed by atoms with van der Waals surface area (Å²) >= 11 is 0. The topological polar surface area (TPSA) is 91.3 Å². The third kappa shape index (κ3) is 5.43. The van der Waals surface area contributed by atoms with Crippen LogP contribution in [0.4, 0.5) is 11.5 Å². The van der Waals surface area contributed by atoms with Crippen molar-refractivity contribution in [2.75, 3.05) is 10.6 Å². The Morgan fingerprint density at radius 1 is 1.13 bits per heavy atom. The van der Waals surface area contributed by atoms with Gasteiger partial charge < -0.3 is 15.7 Å². The lowest BCUT2D eigenvalue weighted by Crippen LogP contribution is -2.13. The summed E-state index contributed by atoms with van der Waals surface area (Å²) in [5.74, 6) is -0.634. The second-order valence-electron chi connectivity index (χ2n) is 5.15. The summed E-state index contributed by atoms with van der Waals surface area (Å²) in [6.07, 6.45) is 1.30. The Kier molecular flexibility index (Phi) is 5.68. The average molecular weight is 313 g/mol. The average Bonchev–Trinajstić information content (AvgIpc) is 2.55. The van der Waals surface area contributed by atoms with Crippen LogP contribution in [0.25, 0.3) is 0 Å². The number of anilines is 2. The van der Waals surface area contributed by atoms with Gasteiger partial charge in [-0.25, -0.2) is 4.98 Å². The Morgan fingerprint density at radius 2 is 1.87 bits per heavy atom. The Bertz CT molecular complexity index is 657. The Morgan fingerprint density at radius 3 is 2.48 bits per heavy atom. The molecule has 1 aromatic heterocycles. The van der Waals surface area contributed by atoms with Gasteiger partial charge in [0.05, 0.1) is 18.3 Å². The molecule has 2 aromatic rings. The second-order valence-corrected chi connectivity index (χ2v) is 5.15. The number of carboxylic acids is 1. The fourth-order valence-electron chi connectivity index (χ4n) is 2.04. The van der Waals surface area contributed by atoms with E-state index in [0.717, 1.165) is 5.56 Å². The number of aliphatic carboxylic acids is 1. The zero-order valence-corrected chi connectivity index (χ0v) is 12.8. The van der Waals surface area contributed by atoms with E-state index in [1.807, 2.05) is 37.3 Å². The quantitative estimate of drug-likeness (QED) is 0.730. The van der Waals surface area contributed by atoms with Crippen LogP contribution in [0.15, 0.2) is 48.7 Å². The van der Waals surface area contributed by atoms with Crippen molar-refractivity contribution >= 4 is 23.4 Å². The molecule has 6 heteroatoms. The molecule has 0 aliphatic heterocycles. The minimum Gasteiger partial charge on any atom is -0.481 e. The summed E-state index contributed by atoms with van der Waals surface area (Å²) < 4.78 is 0. The molecule has 0 spiro atoms. The van der Waals surface area contributed by atoms with Crippen LogP contribution in [0.2, 0.25) is 0 Å². The van der Waals surface area contributed by atoms with Crippen molar-refractivity contribution in [3.8, 4) is 0 Å². The molecule has 0 aliphatic carbocycles. The summed E-state index contributed by atoms with van der Waals surface area (Å²) in [5.41, 5.74) is 1.69. The third-order valence-electron chi connectivity index (χ3n) is 3.28. The van der Waals surface area contributed by atoms with Gasteiger partial charge >= 0.3 is 5.97 Å². The number of nitrogens with one attached hydrogen (secondary N) is 2. The van der Waals surface area contributed by atoms with Crippen LogP contribution in [0.3, 0.4) is 0 Å². The van der Waals surface area contributed by atoms with Gasteiger partial charge in [-0.1, -0.05) is 30.3 Å². The van der Waals surface area contributed by atoms with Gasteiger partial charge in [0.2, 0.25) is 5.91 Å². The maximum Gasteiger partial charge on any atom is 0.303 e. The normalized spacial score (nSPS) is 11.5. The van der Waals surface area contributed by atoms with Gasteiger partial charge in [-0.15, -0.1) is 0 Å². The van der Waals surface area contributed by atoms with Crippen molar-refractivity contribution in [2.45, 2.75) is 25.8 Å². The lowest BCUT2D eigenvalue weighted by Gasteiger charge is -2.15. The number of rotatable bonds is 7. The summed E-state index contributed by atoms with van der Waals surface area (Å²) in [6, 6.07) is 13.6. The van der Waals surface area contributed by atoms with Crippen molar-refractivity contribution < 1.29 is 14.7 Å². The lowest BCUT2D eigenvalue weighted by molar-refractivity contribution is -0.138. The highest BCUT2D eigenvalue weighted by atomic mass is 16.4. The molecule has 1 heterocycles. The molecule has 0 aliphatic rings. The second kappa shape index (κ2) is 7.93. The van der Waals surface area contributed by atoms with Gasteiger partial charge in [0.25, 0.3) is 0 Å². The summed E-state index contributed by atoms with van der Waals surface area (Å²) in [4.78, 5) is 26.2. The number of hydrogen-bond donors (Lipinski definition) is 3. The minimum absolute atomic E-state index is 0.0552. The number of hydrogen-bond acceptors (Lipinski definition) is 4. The molecule has 1 atom stereocenters. The van der Waals surface area contributed by atoms with E-state index >= 15 is 0 Å². The Labute approximate surface area is 134 Å². The van der Waals surface area contributed by atoms with Gasteiger partial charge in [0, 0.05) is 12.5 Å². The van der Waals surface area contributed by atoms with Gasteiger partial charge in [0.15, 0.2) is 0 Å². The Balaban J connectivity index is 1.89. The number of pyridine rings is 1. The van der Waals surface area contributed by atoms with E-state index in [-0.39, 0.29) is 24.8 Å². The first-order valence-electron chi connectivity index (χ1n) is 7.34. The first kappa shape index (κ1) is 16.5. The highest BCUT2D eigenvalue weighted by Gasteiger charge is 2.07. The maximum atomic E-state index is 11.5. The predicted molar refractivity (Wildman–Crippen MR) is 88.2 cm³/mol. The van der Waals surface area contributed by atoms with Crippen LogP contribution < -0.4 is 10.6 Å². The van der Waals surface area contributed by atoms with Crippen LogP contribution >= 0.6 is 0 Å². The largest absolute Gasteiger partial charge is 0.481 e. The molecule has 0 radical (unpaired) electrons. The van der Waals surface area contributed by atoms with Gasteiger partial charge in [-0.3, -0.25) is 9.59 Å². The number of carbonyl (C=O) groups excluding carboxylic acids is 1. The SMILES string of the molecule is CC(Nc1ccc(NC(=O)CCC(=O)O)cn1)c1ccccc1. The van der Waals surface area contributed by atoms with E-state index in [9.17, 15) is 9.59 Å². The van der Waals surface area contributed by atoms with Crippen molar-refractivity contribution in [1.29, 1.82) is 0 Å². The summed E-state index contributed by atoms with van der Waals surface area (Å²) in [6.45, 7) is 2.04. The standard InChI is InChI=1S/C17H19N3O3/c1-12(13-5-3-2-4-6-13)19-15-8-7-14(11-18-15)20-16(21)9-10-17(22)23/h2-8,11-12H,9-10H2,1H3,(H,18,19)(H,20,21)(H,22,23). The monoisotopic (exact) mass is 313 g/mol. The van der Waals surface area contributed by atoms with Crippen molar-refractivity contribution in [3.05, 3.63) is 54.2 Å². The van der Waals surface area contributed by atoms with Crippen molar-refractivity contribution in [2.24, 2.45) is 0 Å². The smallest absolute Gasteiger partial charge is 0.303 e. The number of carboxylic acid groups (broad SMARTS) is 1. The van der Waals surface area contributed by atoms with E-state index in [1.165, 1.54) is 0 Å². The number of aromatic nitrogens is 1.